The van der Waals surface area contributed by atoms with Crippen molar-refractivity contribution in [1.82, 2.24) is 4.57 Å². The molecule has 0 fully saturated rings. The molecule has 0 spiro atoms. The summed E-state index contributed by atoms with van der Waals surface area (Å²) in [6, 6.07) is 17.3. The van der Waals surface area contributed by atoms with Gasteiger partial charge >= 0.3 is 0 Å². The lowest BCUT2D eigenvalue weighted by molar-refractivity contribution is 0.657. The number of rotatable bonds is 3. The third-order valence-electron chi connectivity index (χ3n) is 3.42. The molecule has 0 aliphatic rings. The van der Waals surface area contributed by atoms with E-state index in [1.165, 1.54) is 28.2 Å². The van der Waals surface area contributed by atoms with Crippen LogP contribution in [-0.2, 0) is 0 Å². The molecule has 1 heterocycles. The fourth-order valence-electron chi connectivity index (χ4n) is 2.62. The van der Waals surface area contributed by atoms with Crippen LogP contribution in [0.1, 0.15) is 24.7 Å². The fraction of sp³-hybridized carbons (Fsp3) is 0.250. The molecule has 0 saturated heterocycles. The lowest BCUT2D eigenvalue weighted by atomic mass is 10.2. The molecule has 0 amide bonds. The Hall–Kier alpha value is -1.28. The molecule has 0 N–H and O–H groups in total. The zero-order valence-electron chi connectivity index (χ0n) is 10.4. The molecule has 1 unspecified atom stereocenters. The predicted octanol–water partition coefficient (Wildman–Crippen LogP) is 5.49. The van der Waals surface area contributed by atoms with Gasteiger partial charge in [0.05, 0.1) is 16.0 Å². The molecule has 3 aromatic rings. The number of hydrogen-bond acceptors (Lipinski definition) is 0. The number of benzene rings is 2. The van der Waals surface area contributed by atoms with Crippen molar-refractivity contribution in [3.8, 4) is 0 Å². The van der Waals surface area contributed by atoms with Crippen molar-refractivity contribution in [1.29, 1.82) is 0 Å². The van der Waals surface area contributed by atoms with E-state index in [9.17, 15) is 0 Å². The van der Waals surface area contributed by atoms with E-state index in [-0.39, 0.29) is 0 Å². The first-order valence-electron chi connectivity index (χ1n) is 6.44. The number of nitrogens with zero attached hydrogens (tertiary/aromatic N) is 1. The summed E-state index contributed by atoms with van der Waals surface area (Å²) < 4.78 is 2.41. The van der Waals surface area contributed by atoms with Gasteiger partial charge < -0.3 is 4.57 Å². The second-order valence-electron chi connectivity index (χ2n) is 4.63. The number of alkyl halides is 1. The van der Waals surface area contributed by atoms with E-state index >= 15 is 0 Å². The van der Waals surface area contributed by atoms with E-state index in [4.69, 9.17) is 0 Å². The second kappa shape index (κ2) is 4.77. The number of halogens is 1. The zero-order chi connectivity index (χ0) is 12.5. The van der Waals surface area contributed by atoms with Crippen LogP contribution in [0.4, 0.5) is 0 Å². The largest absolute Gasteiger partial charge is 0.327 e. The minimum Gasteiger partial charge on any atom is -0.327 e. The molecule has 1 aromatic heterocycles. The average molecular weight is 302 g/mol. The van der Waals surface area contributed by atoms with Crippen molar-refractivity contribution in [3.05, 3.63) is 48.5 Å². The van der Waals surface area contributed by atoms with E-state index in [1.807, 2.05) is 0 Å². The SMILES string of the molecule is CCCC(Br)n1c2ccccc2c2ccccc21. The molecular weight excluding hydrogens is 286 g/mol. The van der Waals surface area contributed by atoms with Gasteiger partial charge in [-0.2, -0.15) is 0 Å². The molecule has 0 radical (unpaired) electrons. The molecule has 0 aliphatic carbocycles. The maximum absolute atomic E-state index is 3.83. The second-order valence-corrected chi connectivity index (χ2v) is 5.68. The highest BCUT2D eigenvalue weighted by atomic mass is 79.9. The van der Waals surface area contributed by atoms with E-state index < -0.39 is 0 Å². The molecule has 2 aromatic carbocycles. The Kier molecular flexibility index (Phi) is 3.13. The number of para-hydroxylation sites is 2. The van der Waals surface area contributed by atoms with Crippen molar-refractivity contribution in [3.63, 3.8) is 0 Å². The van der Waals surface area contributed by atoms with Crippen LogP contribution >= 0.6 is 15.9 Å². The highest BCUT2D eigenvalue weighted by molar-refractivity contribution is 9.09. The molecule has 0 aliphatic heterocycles. The van der Waals surface area contributed by atoms with Gasteiger partial charge in [-0.15, -0.1) is 0 Å². The quantitative estimate of drug-likeness (QED) is 0.564. The lowest BCUT2D eigenvalue weighted by Gasteiger charge is -2.14. The Morgan fingerprint density at radius 2 is 1.44 bits per heavy atom. The van der Waals surface area contributed by atoms with Gasteiger partial charge in [-0.1, -0.05) is 65.7 Å². The van der Waals surface area contributed by atoms with Gasteiger partial charge in [-0.3, -0.25) is 0 Å². The first kappa shape index (κ1) is 11.8. The molecule has 92 valence electrons. The summed E-state index contributed by atoms with van der Waals surface area (Å²) in [5, 5.41) is 2.68. The molecule has 1 nitrogen and oxygen atoms in total. The van der Waals surface area contributed by atoms with Crippen LogP contribution in [-0.4, -0.2) is 4.57 Å². The molecular formula is C16H16BrN. The number of hydrogen-bond donors (Lipinski definition) is 0. The summed E-state index contributed by atoms with van der Waals surface area (Å²) in [5.41, 5.74) is 2.63. The van der Waals surface area contributed by atoms with Crippen LogP contribution in [0.5, 0.6) is 0 Å². The van der Waals surface area contributed by atoms with Gasteiger partial charge in [-0.05, 0) is 18.6 Å². The highest BCUT2D eigenvalue weighted by Gasteiger charge is 2.14. The first-order chi connectivity index (χ1) is 8.83. The van der Waals surface area contributed by atoms with Crippen LogP contribution in [0.25, 0.3) is 21.8 Å². The third-order valence-corrected chi connectivity index (χ3v) is 4.29. The minimum atomic E-state index is 0.368. The van der Waals surface area contributed by atoms with Crippen molar-refractivity contribution < 1.29 is 0 Å². The molecule has 0 bridgehead atoms. The van der Waals surface area contributed by atoms with Crippen LogP contribution < -0.4 is 0 Å². The molecule has 0 saturated carbocycles. The molecule has 2 heteroatoms. The number of aromatic nitrogens is 1. The van der Waals surface area contributed by atoms with E-state index in [1.54, 1.807) is 0 Å². The Morgan fingerprint density at radius 3 is 1.94 bits per heavy atom. The van der Waals surface area contributed by atoms with Gasteiger partial charge in [0.15, 0.2) is 0 Å². The Morgan fingerprint density at radius 1 is 0.944 bits per heavy atom. The smallest absolute Gasteiger partial charge is 0.0894 e. The van der Waals surface area contributed by atoms with Crippen LogP contribution in [0.2, 0.25) is 0 Å². The summed E-state index contributed by atoms with van der Waals surface area (Å²) in [6.45, 7) is 2.22. The normalized spacial score (nSPS) is 13.2. The van der Waals surface area contributed by atoms with Crippen molar-refractivity contribution in [2.24, 2.45) is 0 Å². The van der Waals surface area contributed by atoms with E-state index in [0.717, 1.165) is 6.42 Å². The van der Waals surface area contributed by atoms with Gasteiger partial charge in [0.1, 0.15) is 0 Å². The fourth-order valence-corrected chi connectivity index (χ4v) is 3.52. The van der Waals surface area contributed by atoms with Crippen molar-refractivity contribution in [2.75, 3.05) is 0 Å². The third kappa shape index (κ3) is 1.76. The summed E-state index contributed by atoms with van der Waals surface area (Å²) in [7, 11) is 0. The van der Waals surface area contributed by atoms with E-state index in [0.29, 0.717) is 4.95 Å². The summed E-state index contributed by atoms with van der Waals surface area (Å²) in [6.07, 6.45) is 2.32. The summed E-state index contributed by atoms with van der Waals surface area (Å²) in [4.78, 5) is 0.368. The van der Waals surface area contributed by atoms with Crippen LogP contribution in [0.15, 0.2) is 48.5 Å². The molecule has 1 atom stereocenters. The lowest BCUT2D eigenvalue weighted by Crippen LogP contribution is -2.00. The van der Waals surface area contributed by atoms with Gasteiger partial charge in [0.2, 0.25) is 0 Å². The first-order valence-corrected chi connectivity index (χ1v) is 7.36. The Bertz CT molecular complexity index is 630. The zero-order valence-corrected chi connectivity index (χ0v) is 12.0. The van der Waals surface area contributed by atoms with Crippen molar-refractivity contribution >= 4 is 37.7 Å². The van der Waals surface area contributed by atoms with Gasteiger partial charge in [-0.25, -0.2) is 0 Å². The Labute approximate surface area is 116 Å². The average Bonchev–Trinajstić information content (AvgIpc) is 2.73. The van der Waals surface area contributed by atoms with Gasteiger partial charge in [0, 0.05) is 10.8 Å². The summed E-state index contributed by atoms with van der Waals surface area (Å²) >= 11 is 3.83. The van der Waals surface area contributed by atoms with Gasteiger partial charge in [0.25, 0.3) is 0 Å². The topological polar surface area (TPSA) is 4.93 Å². The predicted molar refractivity (Wildman–Crippen MR) is 82.3 cm³/mol. The highest BCUT2D eigenvalue weighted by Crippen LogP contribution is 2.35. The van der Waals surface area contributed by atoms with Crippen LogP contribution in [0.3, 0.4) is 0 Å². The standard InChI is InChI=1S/C16H16BrN/c1-2-7-16(17)18-14-10-5-3-8-12(14)13-9-4-6-11-15(13)18/h3-6,8-11,16H,2,7H2,1H3. The molecule has 3 rings (SSSR count). The number of fused-ring (bicyclic) bond motifs is 3. The molecule has 18 heavy (non-hydrogen) atoms. The minimum absolute atomic E-state index is 0.368. The monoisotopic (exact) mass is 301 g/mol. The summed E-state index contributed by atoms with van der Waals surface area (Å²) in [5.74, 6) is 0. The Balaban J connectivity index is 2.38. The van der Waals surface area contributed by atoms with E-state index in [2.05, 4.69) is 76.0 Å². The van der Waals surface area contributed by atoms with Crippen molar-refractivity contribution in [2.45, 2.75) is 24.7 Å². The maximum Gasteiger partial charge on any atom is 0.0894 e. The van der Waals surface area contributed by atoms with Crippen LogP contribution in [0, 0.1) is 0 Å². The maximum atomic E-state index is 3.83.